The average molecular weight is 365 g/mol. The number of likely N-dealkylation sites (tertiary alicyclic amines) is 1. The molecule has 1 fully saturated rings. The van der Waals surface area contributed by atoms with Gasteiger partial charge in [0.25, 0.3) is 0 Å². The number of nitriles is 1. The van der Waals surface area contributed by atoms with E-state index in [2.05, 4.69) is 34.5 Å². The third-order valence-corrected chi connectivity index (χ3v) is 5.38. The van der Waals surface area contributed by atoms with Crippen LogP contribution >= 0.6 is 0 Å². The zero-order chi connectivity index (χ0) is 19.3. The number of hydrogen-bond donors (Lipinski definition) is 0. The van der Waals surface area contributed by atoms with Crippen LogP contribution in [0, 0.1) is 16.7 Å². The smallest absolute Gasteiger partial charge is 0.223 e. The summed E-state index contributed by atoms with van der Waals surface area (Å²) in [7, 11) is 0. The van der Waals surface area contributed by atoms with Gasteiger partial charge in [0.2, 0.25) is 5.91 Å². The fourth-order valence-electron chi connectivity index (χ4n) is 3.49. The minimum absolute atomic E-state index is 0.0518. The molecule has 1 atom stereocenters. The summed E-state index contributed by atoms with van der Waals surface area (Å²) in [5, 5.41) is 9.15. The molecule has 0 radical (unpaired) electrons. The van der Waals surface area contributed by atoms with Crippen molar-refractivity contribution in [2.75, 3.05) is 6.54 Å². The van der Waals surface area contributed by atoms with E-state index in [1.54, 1.807) is 11.1 Å². The summed E-state index contributed by atoms with van der Waals surface area (Å²) in [6, 6.07) is 5.93. The molecule has 2 aromatic heterocycles. The number of hydrogen-bond acceptors (Lipinski definition) is 4. The van der Waals surface area contributed by atoms with E-state index in [1.807, 2.05) is 30.9 Å². The molecule has 0 spiro atoms. The van der Waals surface area contributed by atoms with Crippen molar-refractivity contribution in [3.63, 3.8) is 0 Å². The van der Waals surface area contributed by atoms with Crippen molar-refractivity contribution in [3.8, 4) is 17.3 Å². The molecular weight excluding hydrogens is 338 g/mol. The van der Waals surface area contributed by atoms with Crippen molar-refractivity contribution in [1.82, 2.24) is 19.4 Å². The van der Waals surface area contributed by atoms with Crippen LogP contribution in [0.2, 0.25) is 0 Å². The maximum absolute atomic E-state index is 12.4. The van der Waals surface area contributed by atoms with Crippen LogP contribution in [-0.2, 0) is 11.3 Å². The molecule has 1 saturated heterocycles. The van der Waals surface area contributed by atoms with Gasteiger partial charge < -0.3 is 9.47 Å². The van der Waals surface area contributed by atoms with Crippen molar-refractivity contribution < 1.29 is 4.79 Å². The molecule has 0 saturated carbocycles. The van der Waals surface area contributed by atoms with E-state index in [9.17, 15) is 4.79 Å². The Morgan fingerprint density at radius 3 is 3.00 bits per heavy atom. The second-order valence-electron chi connectivity index (χ2n) is 8.03. The molecule has 0 bridgehead atoms. The molecule has 0 unspecified atom stereocenters. The number of rotatable bonds is 7. The molecule has 1 aliphatic rings. The Morgan fingerprint density at radius 1 is 1.41 bits per heavy atom. The lowest BCUT2D eigenvalue weighted by molar-refractivity contribution is -0.131. The predicted molar refractivity (Wildman–Crippen MR) is 103 cm³/mol. The lowest BCUT2D eigenvalue weighted by atomic mass is 9.84. The van der Waals surface area contributed by atoms with E-state index < -0.39 is 0 Å². The van der Waals surface area contributed by atoms with Gasteiger partial charge in [0.1, 0.15) is 6.04 Å². The van der Waals surface area contributed by atoms with E-state index in [-0.39, 0.29) is 17.4 Å². The summed E-state index contributed by atoms with van der Waals surface area (Å²) >= 11 is 0. The van der Waals surface area contributed by atoms with E-state index in [0.717, 1.165) is 50.0 Å². The molecule has 1 amide bonds. The highest BCUT2D eigenvalue weighted by Gasteiger charge is 2.29. The van der Waals surface area contributed by atoms with Crippen molar-refractivity contribution in [3.05, 3.63) is 37.1 Å². The van der Waals surface area contributed by atoms with Gasteiger partial charge in [0.05, 0.1) is 18.1 Å². The van der Waals surface area contributed by atoms with Gasteiger partial charge in [-0.15, -0.1) is 0 Å². The van der Waals surface area contributed by atoms with Crippen LogP contribution in [0.15, 0.2) is 37.1 Å². The first-order valence-corrected chi connectivity index (χ1v) is 9.60. The quantitative estimate of drug-likeness (QED) is 0.750. The molecular formula is C21H27N5O. The maximum atomic E-state index is 12.4. The zero-order valence-corrected chi connectivity index (χ0v) is 16.1. The molecule has 6 heteroatoms. The molecule has 3 rings (SSSR count). The van der Waals surface area contributed by atoms with Gasteiger partial charge in [-0.05, 0) is 43.2 Å². The van der Waals surface area contributed by atoms with Crippen LogP contribution in [-0.4, -0.2) is 37.9 Å². The Bertz CT molecular complexity index is 805. The minimum Gasteiger partial charge on any atom is -0.337 e. The van der Waals surface area contributed by atoms with Crippen LogP contribution in [0.5, 0.6) is 0 Å². The van der Waals surface area contributed by atoms with E-state index in [1.165, 1.54) is 0 Å². The van der Waals surface area contributed by atoms with Crippen molar-refractivity contribution in [2.45, 2.75) is 58.5 Å². The lowest BCUT2D eigenvalue weighted by Gasteiger charge is -2.26. The Hall–Kier alpha value is -2.68. The van der Waals surface area contributed by atoms with E-state index in [4.69, 9.17) is 5.26 Å². The fourth-order valence-corrected chi connectivity index (χ4v) is 3.49. The largest absolute Gasteiger partial charge is 0.337 e. The van der Waals surface area contributed by atoms with Gasteiger partial charge in [0, 0.05) is 43.7 Å². The van der Waals surface area contributed by atoms with Crippen LogP contribution in [0.3, 0.4) is 0 Å². The highest BCUT2D eigenvalue weighted by atomic mass is 16.2. The number of nitrogens with zero attached hydrogens (tertiary/aromatic N) is 5. The summed E-state index contributed by atoms with van der Waals surface area (Å²) < 4.78 is 2.10. The van der Waals surface area contributed by atoms with Crippen LogP contribution in [0.25, 0.3) is 11.3 Å². The maximum Gasteiger partial charge on any atom is 0.223 e. The van der Waals surface area contributed by atoms with Crippen LogP contribution in [0.1, 0.15) is 46.0 Å². The number of aromatic nitrogens is 3. The molecule has 0 aromatic carbocycles. The third kappa shape index (κ3) is 4.94. The second kappa shape index (κ2) is 8.34. The Balaban J connectivity index is 1.49. The summed E-state index contributed by atoms with van der Waals surface area (Å²) in [5.74, 6) is 0.119. The van der Waals surface area contributed by atoms with Crippen LogP contribution < -0.4 is 0 Å². The van der Waals surface area contributed by atoms with Crippen molar-refractivity contribution in [1.29, 1.82) is 5.26 Å². The van der Waals surface area contributed by atoms with Crippen molar-refractivity contribution >= 4 is 5.91 Å². The number of carbonyl (C=O) groups excluding carboxylic acids is 1. The second-order valence-corrected chi connectivity index (χ2v) is 8.03. The molecule has 142 valence electrons. The third-order valence-electron chi connectivity index (χ3n) is 5.38. The number of pyridine rings is 1. The minimum atomic E-state index is -0.225. The van der Waals surface area contributed by atoms with Crippen LogP contribution in [0.4, 0.5) is 0 Å². The summed E-state index contributed by atoms with van der Waals surface area (Å²) in [6.07, 6.45) is 11.5. The number of amides is 1. The van der Waals surface area contributed by atoms with Gasteiger partial charge in [-0.2, -0.15) is 5.26 Å². The van der Waals surface area contributed by atoms with Gasteiger partial charge in [0.15, 0.2) is 0 Å². The first kappa shape index (κ1) is 19.1. The summed E-state index contributed by atoms with van der Waals surface area (Å²) in [5.41, 5.74) is 1.99. The first-order valence-electron chi connectivity index (χ1n) is 9.60. The predicted octanol–water partition coefficient (Wildman–Crippen LogP) is 3.66. The van der Waals surface area contributed by atoms with Gasteiger partial charge in [-0.1, -0.05) is 13.8 Å². The first-order chi connectivity index (χ1) is 13.0. The summed E-state index contributed by atoms with van der Waals surface area (Å²) in [6.45, 7) is 5.98. The SMILES string of the molecule is CC(C)(CCC(=O)N1CCC[C@H]1C#N)CCn1cnc(-c2cccnc2)c1. The number of carbonyl (C=O) groups is 1. The molecule has 3 heterocycles. The summed E-state index contributed by atoms with van der Waals surface area (Å²) in [4.78, 5) is 22.8. The van der Waals surface area contributed by atoms with Crippen molar-refractivity contribution in [2.24, 2.45) is 5.41 Å². The Kier molecular flexibility index (Phi) is 5.90. The number of imidazole rings is 1. The zero-order valence-electron chi connectivity index (χ0n) is 16.1. The topological polar surface area (TPSA) is 74.8 Å². The monoisotopic (exact) mass is 365 g/mol. The molecule has 27 heavy (non-hydrogen) atoms. The molecule has 0 aliphatic carbocycles. The Labute approximate surface area is 160 Å². The Morgan fingerprint density at radius 2 is 2.26 bits per heavy atom. The van der Waals surface area contributed by atoms with Gasteiger partial charge in [-0.3, -0.25) is 9.78 Å². The lowest BCUT2D eigenvalue weighted by Crippen LogP contribution is -2.35. The van der Waals surface area contributed by atoms with E-state index in [0.29, 0.717) is 6.42 Å². The fraction of sp³-hybridized carbons (Fsp3) is 0.524. The average Bonchev–Trinajstić information content (AvgIpc) is 3.34. The highest BCUT2D eigenvalue weighted by molar-refractivity contribution is 5.77. The van der Waals surface area contributed by atoms with Gasteiger partial charge in [-0.25, -0.2) is 4.98 Å². The molecule has 6 nitrogen and oxygen atoms in total. The standard InChI is InChI=1S/C21H27N5O/c1-21(2,8-7-20(27)26-11-4-6-18(26)13-22)9-12-25-15-19(24-16-25)17-5-3-10-23-14-17/h3,5,10,14-16,18H,4,6-9,11-12H2,1-2H3/t18-/m0/s1. The molecule has 2 aromatic rings. The highest BCUT2D eigenvalue weighted by Crippen LogP contribution is 2.29. The van der Waals surface area contributed by atoms with Gasteiger partial charge >= 0.3 is 0 Å². The number of aryl methyl sites for hydroxylation is 1. The van der Waals surface area contributed by atoms with E-state index >= 15 is 0 Å². The normalized spacial score (nSPS) is 17.1. The molecule has 0 N–H and O–H groups in total. The molecule has 1 aliphatic heterocycles.